The zero-order valence-electron chi connectivity index (χ0n) is 9.47. The maximum atomic E-state index is 11.0. The Hall–Kier alpha value is -1.27. The minimum absolute atomic E-state index is 0.562. The number of nitrogens with zero attached hydrogens (tertiary/aromatic N) is 1. The predicted octanol–water partition coefficient (Wildman–Crippen LogP) is 0.453. The molecule has 1 aromatic carbocycles. The molecule has 0 unspecified atom stereocenters. The van der Waals surface area contributed by atoms with E-state index in [0.29, 0.717) is 12.2 Å². The van der Waals surface area contributed by atoms with Gasteiger partial charge in [-0.15, -0.1) is 0 Å². The number of benzene rings is 1. The Labute approximate surface area is 96.3 Å². The van der Waals surface area contributed by atoms with E-state index < -0.39 is 10.0 Å². The molecule has 0 aromatic heterocycles. The van der Waals surface area contributed by atoms with Crippen LogP contribution in [0.2, 0.25) is 0 Å². The number of sulfonamides is 1. The van der Waals surface area contributed by atoms with Gasteiger partial charge in [-0.25, -0.2) is 8.42 Å². The number of rotatable bonds is 5. The second-order valence-corrected chi connectivity index (χ2v) is 5.38. The van der Waals surface area contributed by atoms with Gasteiger partial charge in [0.05, 0.1) is 6.26 Å². The van der Waals surface area contributed by atoms with E-state index in [-0.39, 0.29) is 0 Å². The van der Waals surface area contributed by atoms with Crippen LogP contribution in [-0.2, 0) is 10.0 Å². The lowest BCUT2D eigenvalue weighted by Gasteiger charge is -2.18. The van der Waals surface area contributed by atoms with Crippen LogP contribution in [0.1, 0.15) is 0 Å². The molecule has 0 aliphatic heterocycles. The molecule has 3 N–H and O–H groups in total. The number of nitrogens with two attached hydrogens (primary N) is 1. The smallest absolute Gasteiger partial charge is 0.229 e. The van der Waals surface area contributed by atoms with Crippen LogP contribution in [0.25, 0.3) is 0 Å². The van der Waals surface area contributed by atoms with Crippen LogP contribution >= 0.6 is 0 Å². The van der Waals surface area contributed by atoms with E-state index in [0.717, 1.165) is 18.5 Å². The number of nitrogens with one attached hydrogen (secondary N) is 1. The van der Waals surface area contributed by atoms with E-state index in [4.69, 9.17) is 5.73 Å². The number of hydrogen-bond donors (Lipinski definition) is 2. The predicted molar refractivity (Wildman–Crippen MR) is 67.2 cm³/mol. The van der Waals surface area contributed by atoms with E-state index in [1.807, 2.05) is 24.1 Å². The van der Waals surface area contributed by atoms with Gasteiger partial charge in [-0.05, 0) is 24.3 Å². The lowest BCUT2D eigenvalue weighted by atomic mass is 10.2. The highest BCUT2D eigenvalue weighted by molar-refractivity contribution is 7.92. The monoisotopic (exact) mass is 243 g/mol. The first kappa shape index (κ1) is 12.8. The Morgan fingerprint density at radius 1 is 1.31 bits per heavy atom. The quantitative estimate of drug-likeness (QED) is 0.787. The van der Waals surface area contributed by atoms with Gasteiger partial charge < -0.3 is 10.6 Å². The van der Waals surface area contributed by atoms with Gasteiger partial charge in [-0.3, -0.25) is 4.72 Å². The molecule has 0 aliphatic rings. The first-order valence-corrected chi connectivity index (χ1v) is 6.80. The lowest BCUT2D eigenvalue weighted by molar-refractivity contribution is 0.607. The average Bonchev–Trinajstić information content (AvgIpc) is 2.16. The highest BCUT2D eigenvalue weighted by Crippen LogP contribution is 2.16. The first-order valence-electron chi connectivity index (χ1n) is 4.91. The molecule has 0 aliphatic carbocycles. The molecule has 0 radical (unpaired) electrons. The van der Waals surface area contributed by atoms with E-state index in [1.54, 1.807) is 12.1 Å². The van der Waals surface area contributed by atoms with Crippen molar-refractivity contribution in [3.05, 3.63) is 24.3 Å². The first-order chi connectivity index (χ1) is 7.42. The standard InChI is InChI=1S/C10H17N3O2S/c1-13(8-7-11)10-5-3-9(4-6-10)12-16(2,14)15/h3-6,12H,7-8,11H2,1-2H3. The summed E-state index contributed by atoms with van der Waals surface area (Å²) in [6, 6.07) is 7.15. The fourth-order valence-corrected chi connectivity index (χ4v) is 1.89. The van der Waals surface area contributed by atoms with Gasteiger partial charge in [-0.2, -0.15) is 0 Å². The highest BCUT2D eigenvalue weighted by atomic mass is 32.2. The van der Waals surface area contributed by atoms with Crippen LogP contribution in [0.3, 0.4) is 0 Å². The van der Waals surface area contributed by atoms with Crippen molar-refractivity contribution in [3.8, 4) is 0 Å². The van der Waals surface area contributed by atoms with Crippen molar-refractivity contribution in [3.63, 3.8) is 0 Å². The van der Waals surface area contributed by atoms with Crippen molar-refractivity contribution in [2.75, 3.05) is 36.0 Å². The van der Waals surface area contributed by atoms with Gasteiger partial charge in [0.15, 0.2) is 0 Å². The van der Waals surface area contributed by atoms with Crippen molar-refractivity contribution < 1.29 is 8.42 Å². The summed E-state index contributed by atoms with van der Waals surface area (Å²) in [4.78, 5) is 2.00. The molecule has 5 nitrogen and oxygen atoms in total. The molecule has 0 atom stereocenters. The van der Waals surface area contributed by atoms with Gasteiger partial charge in [0.1, 0.15) is 0 Å². The van der Waals surface area contributed by atoms with E-state index in [9.17, 15) is 8.42 Å². The van der Waals surface area contributed by atoms with Crippen molar-refractivity contribution in [1.82, 2.24) is 0 Å². The summed E-state index contributed by atoms with van der Waals surface area (Å²) in [6.07, 6.45) is 1.13. The van der Waals surface area contributed by atoms with E-state index in [2.05, 4.69) is 4.72 Å². The van der Waals surface area contributed by atoms with Crippen LogP contribution in [0.5, 0.6) is 0 Å². The number of likely N-dealkylation sites (N-methyl/N-ethyl adjacent to an activating group) is 1. The topological polar surface area (TPSA) is 75.4 Å². The van der Waals surface area contributed by atoms with Gasteiger partial charge in [0, 0.05) is 31.5 Å². The van der Waals surface area contributed by atoms with Crippen molar-refractivity contribution in [1.29, 1.82) is 0 Å². The van der Waals surface area contributed by atoms with Gasteiger partial charge in [0.2, 0.25) is 10.0 Å². The Morgan fingerprint density at radius 3 is 2.31 bits per heavy atom. The molecular formula is C10H17N3O2S. The van der Waals surface area contributed by atoms with Gasteiger partial charge >= 0.3 is 0 Å². The Kier molecular flexibility index (Phi) is 4.14. The third-order valence-electron chi connectivity index (χ3n) is 2.08. The zero-order chi connectivity index (χ0) is 12.2. The molecule has 16 heavy (non-hydrogen) atoms. The third kappa shape index (κ3) is 4.08. The van der Waals surface area contributed by atoms with Crippen molar-refractivity contribution in [2.45, 2.75) is 0 Å². The lowest BCUT2D eigenvalue weighted by Crippen LogP contribution is -2.24. The van der Waals surface area contributed by atoms with E-state index in [1.165, 1.54) is 0 Å². The van der Waals surface area contributed by atoms with E-state index >= 15 is 0 Å². The van der Waals surface area contributed by atoms with Crippen LogP contribution in [0, 0.1) is 0 Å². The fourth-order valence-electron chi connectivity index (χ4n) is 1.32. The molecule has 1 rings (SSSR count). The normalized spacial score (nSPS) is 11.2. The molecule has 0 saturated carbocycles. The Balaban J connectivity index is 2.75. The number of anilines is 2. The fraction of sp³-hybridized carbons (Fsp3) is 0.400. The zero-order valence-corrected chi connectivity index (χ0v) is 10.3. The van der Waals surface area contributed by atoms with Crippen LogP contribution < -0.4 is 15.4 Å². The van der Waals surface area contributed by atoms with Crippen LogP contribution in [-0.4, -0.2) is 34.8 Å². The summed E-state index contributed by atoms with van der Waals surface area (Å²) in [7, 11) is -1.27. The average molecular weight is 243 g/mol. The molecular weight excluding hydrogens is 226 g/mol. The summed E-state index contributed by atoms with van der Waals surface area (Å²) < 4.78 is 24.4. The molecule has 0 amide bonds. The Bertz CT molecular complexity index is 428. The van der Waals surface area contributed by atoms with Crippen LogP contribution in [0.15, 0.2) is 24.3 Å². The summed E-state index contributed by atoms with van der Waals surface area (Å²) in [6.45, 7) is 1.35. The third-order valence-corrected chi connectivity index (χ3v) is 2.68. The van der Waals surface area contributed by atoms with Crippen molar-refractivity contribution >= 4 is 21.4 Å². The number of hydrogen-bond acceptors (Lipinski definition) is 4. The maximum Gasteiger partial charge on any atom is 0.229 e. The van der Waals surface area contributed by atoms with Gasteiger partial charge in [-0.1, -0.05) is 0 Å². The molecule has 0 bridgehead atoms. The Morgan fingerprint density at radius 2 is 1.88 bits per heavy atom. The minimum atomic E-state index is -3.20. The maximum absolute atomic E-state index is 11.0. The molecule has 6 heteroatoms. The highest BCUT2D eigenvalue weighted by Gasteiger charge is 2.03. The summed E-state index contributed by atoms with van der Waals surface area (Å²) in [5.41, 5.74) is 7.01. The molecule has 0 fully saturated rings. The minimum Gasteiger partial charge on any atom is -0.373 e. The summed E-state index contributed by atoms with van der Waals surface area (Å²) in [5, 5.41) is 0. The SMILES string of the molecule is CN(CCN)c1ccc(NS(C)(=O)=O)cc1. The largest absolute Gasteiger partial charge is 0.373 e. The summed E-state index contributed by atoms with van der Waals surface area (Å²) in [5.74, 6) is 0. The molecule has 0 heterocycles. The second-order valence-electron chi connectivity index (χ2n) is 3.63. The molecule has 90 valence electrons. The molecule has 1 aromatic rings. The van der Waals surface area contributed by atoms with Crippen molar-refractivity contribution in [2.24, 2.45) is 5.73 Å². The van der Waals surface area contributed by atoms with Gasteiger partial charge in [0.25, 0.3) is 0 Å². The molecule has 0 spiro atoms. The van der Waals surface area contributed by atoms with Crippen LogP contribution in [0.4, 0.5) is 11.4 Å². The molecule has 0 saturated heterocycles. The summed E-state index contributed by atoms with van der Waals surface area (Å²) >= 11 is 0. The second kappa shape index (κ2) is 5.18.